The van der Waals surface area contributed by atoms with Crippen molar-refractivity contribution in [2.45, 2.75) is 33.2 Å². The Morgan fingerprint density at radius 3 is 2.33 bits per heavy atom. The number of thiazole rings is 1. The Morgan fingerprint density at radius 2 is 1.81 bits per heavy atom. The number of aromatic nitrogens is 1. The lowest BCUT2D eigenvalue weighted by molar-refractivity contribution is 0.190. The van der Waals surface area contributed by atoms with E-state index in [0.717, 1.165) is 44.2 Å². The second-order valence-electron chi connectivity index (χ2n) is 4.87. The maximum atomic E-state index is 5.21. The third-order valence-electron chi connectivity index (χ3n) is 3.19. The highest BCUT2D eigenvalue weighted by Crippen LogP contribution is 2.27. The molecular weight excluding hydrogens is 286 g/mol. The molecule has 0 unspecified atom stereocenters. The number of hydrogen-bond acceptors (Lipinski definition) is 6. The van der Waals surface area contributed by atoms with Gasteiger partial charge in [-0.05, 0) is 13.0 Å². The first kappa shape index (κ1) is 18.4. The lowest BCUT2D eigenvalue weighted by Gasteiger charge is -2.20. The second-order valence-corrected chi connectivity index (χ2v) is 5.93. The average molecular weight is 315 g/mol. The van der Waals surface area contributed by atoms with Gasteiger partial charge in [0.05, 0.1) is 18.9 Å². The van der Waals surface area contributed by atoms with Crippen LogP contribution in [0.4, 0.5) is 5.13 Å². The summed E-state index contributed by atoms with van der Waals surface area (Å²) in [5.41, 5.74) is 1.23. The molecule has 0 bridgehead atoms. The molecule has 0 saturated carbocycles. The summed E-state index contributed by atoms with van der Waals surface area (Å²) in [6.07, 6.45) is 2.16. The SMILES string of the molecule is CCCc1nc(N(CCOC)CCOC)sc1CNCC. The maximum absolute atomic E-state index is 5.21. The lowest BCUT2D eigenvalue weighted by atomic mass is 10.2. The van der Waals surface area contributed by atoms with Crippen LogP contribution in [0.1, 0.15) is 30.8 Å². The molecule has 1 heterocycles. The Hall–Kier alpha value is -0.690. The highest BCUT2D eigenvalue weighted by atomic mass is 32.1. The van der Waals surface area contributed by atoms with Crippen LogP contribution >= 0.6 is 11.3 Å². The molecule has 1 aromatic heterocycles. The van der Waals surface area contributed by atoms with Gasteiger partial charge in [0, 0.05) is 38.7 Å². The molecule has 0 aliphatic heterocycles. The molecule has 0 aromatic carbocycles. The predicted molar refractivity (Wildman–Crippen MR) is 89.5 cm³/mol. The van der Waals surface area contributed by atoms with Crippen LogP contribution in [-0.2, 0) is 22.4 Å². The minimum atomic E-state index is 0.703. The fourth-order valence-electron chi connectivity index (χ4n) is 2.02. The van der Waals surface area contributed by atoms with E-state index < -0.39 is 0 Å². The normalized spacial score (nSPS) is 11.0. The van der Waals surface area contributed by atoms with Crippen molar-refractivity contribution in [1.82, 2.24) is 10.3 Å². The zero-order valence-corrected chi connectivity index (χ0v) is 14.6. The van der Waals surface area contributed by atoms with Gasteiger partial charge in [0.25, 0.3) is 0 Å². The van der Waals surface area contributed by atoms with Crippen molar-refractivity contribution in [3.05, 3.63) is 10.6 Å². The predicted octanol–water partition coefficient (Wildman–Crippen LogP) is 2.30. The third kappa shape index (κ3) is 6.30. The largest absolute Gasteiger partial charge is 0.383 e. The van der Waals surface area contributed by atoms with E-state index in [1.54, 1.807) is 25.6 Å². The van der Waals surface area contributed by atoms with Crippen LogP contribution in [0.15, 0.2) is 0 Å². The number of ether oxygens (including phenoxy) is 2. The van der Waals surface area contributed by atoms with Crippen LogP contribution in [0.3, 0.4) is 0 Å². The minimum absolute atomic E-state index is 0.703. The summed E-state index contributed by atoms with van der Waals surface area (Å²) in [4.78, 5) is 8.46. The van der Waals surface area contributed by atoms with Crippen LogP contribution in [0.5, 0.6) is 0 Å². The zero-order chi connectivity index (χ0) is 15.5. The van der Waals surface area contributed by atoms with Gasteiger partial charge in [-0.25, -0.2) is 4.98 Å². The summed E-state index contributed by atoms with van der Waals surface area (Å²) in [7, 11) is 3.46. The molecular formula is C15H29N3O2S. The third-order valence-corrected chi connectivity index (χ3v) is 4.35. The first-order valence-corrected chi connectivity index (χ1v) is 8.50. The molecule has 122 valence electrons. The Bertz CT molecular complexity index is 377. The molecule has 0 aliphatic carbocycles. The highest BCUT2D eigenvalue weighted by molar-refractivity contribution is 7.15. The molecule has 0 spiro atoms. The minimum Gasteiger partial charge on any atom is -0.383 e. The van der Waals surface area contributed by atoms with Gasteiger partial charge in [-0.1, -0.05) is 20.3 Å². The van der Waals surface area contributed by atoms with Crippen LogP contribution < -0.4 is 10.2 Å². The van der Waals surface area contributed by atoms with Crippen LogP contribution in [0, 0.1) is 0 Å². The zero-order valence-electron chi connectivity index (χ0n) is 13.8. The quantitative estimate of drug-likeness (QED) is 0.641. The number of rotatable bonds is 12. The fraction of sp³-hybridized carbons (Fsp3) is 0.800. The molecule has 0 atom stereocenters. The summed E-state index contributed by atoms with van der Waals surface area (Å²) in [5.74, 6) is 0. The van der Waals surface area contributed by atoms with Gasteiger partial charge in [-0.2, -0.15) is 0 Å². The smallest absolute Gasteiger partial charge is 0.185 e. The molecule has 6 heteroatoms. The van der Waals surface area contributed by atoms with E-state index >= 15 is 0 Å². The monoisotopic (exact) mass is 315 g/mol. The van der Waals surface area contributed by atoms with E-state index in [1.165, 1.54) is 10.6 Å². The van der Waals surface area contributed by atoms with Gasteiger partial charge in [-0.15, -0.1) is 11.3 Å². The Balaban J connectivity index is 2.83. The fourth-order valence-corrected chi connectivity index (χ4v) is 3.15. The molecule has 0 saturated heterocycles. The van der Waals surface area contributed by atoms with Gasteiger partial charge < -0.3 is 19.7 Å². The molecule has 1 rings (SSSR count). The summed E-state index contributed by atoms with van der Waals surface area (Å²) >= 11 is 1.79. The highest BCUT2D eigenvalue weighted by Gasteiger charge is 2.15. The van der Waals surface area contributed by atoms with Crippen molar-refractivity contribution in [2.24, 2.45) is 0 Å². The van der Waals surface area contributed by atoms with E-state index in [2.05, 4.69) is 24.1 Å². The van der Waals surface area contributed by atoms with Crippen LogP contribution in [0.25, 0.3) is 0 Å². The Labute approximate surface area is 132 Å². The first-order chi connectivity index (χ1) is 10.3. The lowest BCUT2D eigenvalue weighted by Crippen LogP contribution is -2.30. The van der Waals surface area contributed by atoms with E-state index in [4.69, 9.17) is 14.5 Å². The van der Waals surface area contributed by atoms with E-state index in [1.807, 2.05) is 0 Å². The van der Waals surface area contributed by atoms with Crippen molar-refractivity contribution < 1.29 is 9.47 Å². The summed E-state index contributed by atoms with van der Waals surface area (Å²) in [6.45, 7) is 9.32. The van der Waals surface area contributed by atoms with Gasteiger partial charge in [0.2, 0.25) is 0 Å². The standard InChI is InChI=1S/C15H29N3O2S/c1-5-7-13-14(12-16-6-2)21-15(17-13)18(8-10-19-3)9-11-20-4/h16H,5-12H2,1-4H3. The molecule has 0 amide bonds. The molecule has 1 N–H and O–H groups in total. The molecule has 5 nitrogen and oxygen atoms in total. The summed E-state index contributed by atoms with van der Waals surface area (Å²) < 4.78 is 10.4. The van der Waals surface area contributed by atoms with Crippen LogP contribution in [-0.4, -0.2) is 52.1 Å². The Kier molecular flexibility index (Phi) is 9.58. The van der Waals surface area contributed by atoms with Crippen molar-refractivity contribution in [2.75, 3.05) is 52.0 Å². The number of nitrogens with zero attached hydrogens (tertiary/aromatic N) is 2. The van der Waals surface area contributed by atoms with Gasteiger partial charge in [0.1, 0.15) is 0 Å². The van der Waals surface area contributed by atoms with E-state index in [-0.39, 0.29) is 0 Å². The summed E-state index contributed by atoms with van der Waals surface area (Å²) in [5, 5.41) is 4.49. The van der Waals surface area contributed by atoms with Crippen molar-refractivity contribution in [1.29, 1.82) is 0 Å². The molecule has 21 heavy (non-hydrogen) atoms. The number of hydrogen-bond donors (Lipinski definition) is 1. The molecule has 0 fully saturated rings. The van der Waals surface area contributed by atoms with Crippen molar-refractivity contribution >= 4 is 16.5 Å². The number of aryl methyl sites for hydroxylation is 1. The second kappa shape index (κ2) is 11.0. The summed E-state index contributed by atoms with van der Waals surface area (Å²) in [6, 6.07) is 0. The molecule has 1 aromatic rings. The van der Waals surface area contributed by atoms with Gasteiger partial charge >= 0.3 is 0 Å². The average Bonchev–Trinajstić information content (AvgIpc) is 2.88. The van der Waals surface area contributed by atoms with Gasteiger partial charge in [-0.3, -0.25) is 0 Å². The number of nitrogens with one attached hydrogen (secondary N) is 1. The van der Waals surface area contributed by atoms with E-state index in [9.17, 15) is 0 Å². The van der Waals surface area contributed by atoms with Gasteiger partial charge in [0.15, 0.2) is 5.13 Å². The van der Waals surface area contributed by atoms with Crippen molar-refractivity contribution in [3.8, 4) is 0 Å². The van der Waals surface area contributed by atoms with E-state index in [0.29, 0.717) is 13.2 Å². The molecule has 0 aliphatic rings. The number of anilines is 1. The maximum Gasteiger partial charge on any atom is 0.185 e. The van der Waals surface area contributed by atoms with Crippen molar-refractivity contribution in [3.63, 3.8) is 0 Å². The topological polar surface area (TPSA) is 46.6 Å². The Morgan fingerprint density at radius 1 is 1.14 bits per heavy atom. The molecule has 0 radical (unpaired) electrons. The first-order valence-electron chi connectivity index (χ1n) is 7.68. The number of methoxy groups -OCH3 is 2. The van der Waals surface area contributed by atoms with Crippen LogP contribution in [0.2, 0.25) is 0 Å².